The van der Waals surface area contributed by atoms with Crippen LogP contribution in [0.15, 0.2) is 48.5 Å². The van der Waals surface area contributed by atoms with Crippen LogP contribution in [0.3, 0.4) is 0 Å². The summed E-state index contributed by atoms with van der Waals surface area (Å²) in [4.78, 5) is 28.1. The fraction of sp³-hybridized carbons (Fsp3) is 0.364. The molecule has 2 aromatic rings. The second-order valence-corrected chi connectivity index (χ2v) is 7.73. The van der Waals surface area contributed by atoms with Crippen LogP contribution in [0.2, 0.25) is 0 Å². The molecule has 1 saturated heterocycles. The van der Waals surface area contributed by atoms with Crippen molar-refractivity contribution in [2.24, 2.45) is 5.92 Å². The Labute approximate surface area is 177 Å². The fourth-order valence-corrected chi connectivity index (χ4v) is 3.64. The highest BCUT2D eigenvalue weighted by atomic mass is 19.4. The molecule has 0 radical (unpaired) electrons. The first-order valence-electron chi connectivity index (χ1n) is 9.73. The van der Waals surface area contributed by atoms with Crippen LogP contribution in [0.1, 0.15) is 23.6 Å². The minimum atomic E-state index is -4.52. The maximum Gasteiger partial charge on any atom is 0.416 e. The van der Waals surface area contributed by atoms with Gasteiger partial charge in [-0.2, -0.15) is 13.2 Å². The number of nitrogens with one attached hydrogen (secondary N) is 1. The highest BCUT2D eigenvalue weighted by molar-refractivity contribution is 6.00. The summed E-state index contributed by atoms with van der Waals surface area (Å²) in [6.45, 7) is 0.197. The van der Waals surface area contributed by atoms with E-state index in [4.69, 9.17) is 0 Å². The number of amides is 2. The molecule has 0 aromatic heterocycles. The number of hydrogen-bond acceptors (Lipinski definition) is 3. The molecular formula is C22H23F4N3O2. The van der Waals surface area contributed by atoms with Gasteiger partial charge in [-0.25, -0.2) is 4.39 Å². The first-order valence-corrected chi connectivity index (χ1v) is 9.73. The molecule has 166 valence electrons. The van der Waals surface area contributed by atoms with Crippen molar-refractivity contribution >= 4 is 17.5 Å². The molecule has 0 unspecified atom stereocenters. The highest BCUT2D eigenvalue weighted by Crippen LogP contribution is 2.33. The third-order valence-corrected chi connectivity index (χ3v) is 5.31. The van der Waals surface area contributed by atoms with Crippen molar-refractivity contribution in [3.05, 3.63) is 65.5 Å². The lowest BCUT2D eigenvalue weighted by Gasteiger charge is -2.26. The van der Waals surface area contributed by atoms with Crippen LogP contribution >= 0.6 is 0 Å². The van der Waals surface area contributed by atoms with Crippen molar-refractivity contribution in [2.75, 3.05) is 32.1 Å². The van der Waals surface area contributed by atoms with E-state index in [0.29, 0.717) is 5.56 Å². The first-order chi connectivity index (χ1) is 14.6. The molecule has 2 amide bonds. The first kappa shape index (κ1) is 22.7. The SMILES string of the molecule is CN(C)[C@@H](CNC(=O)[C@H]1CC(=O)N(c2cccc(C(F)(F)F)c2)C1)c1cccc(F)c1. The molecule has 5 nitrogen and oxygen atoms in total. The number of likely N-dealkylation sites (N-methyl/N-ethyl adjacent to an activating group) is 1. The predicted molar refractivity (Wildman–Crippen MR) is 108 cm³/mol. The van der Waals surface area contributed by atoms with Crippen LogP contribution in [0.4, 0.5) is 23.2 Å². The zero-order chi connectivity index (χ0) is 22.8. The zero-order valence-electron chi connectivity index (χ0n) is 17.1. The highest BCUT2D eigenvalue weighted by Gasteiger charge is 2.37. The molecule has 1 aliphatic heterocycles. The Balaban J connectivity index is 1.66. The summed E-state index contributed by atoms with van der Waals surface area (Å²) in [5.74, 6) is -1.84. The van der Waals surface area contributed by atoms with Crippen molar-refractivity contribution < 1.29 is 27.2 Å². The van der Waals surface area contributed by atoms with Gasteiger partial charge >= 0.3 is 6.18 Å². The second kappa shape index (κ2) is 9.05. The van der Waals surface area contributed by atoms with Crippen molar-refractivity contribution in [1.29, 1.82) is 0 Å². The lowest BCUT2D eigenvalue weighted by Crippen LogP contribution is -2.38. The number of rotatable bonds is 6. The van der Waals surface area contributed by atoms with Crippen LogP contribution in [-0.2, 0) is 15.8 Å². The largest absolute Gasteiger partial charge is 0.416 e. The summed E-state index contributed by atoms with van der Waals surface area (Å²) in [5.41, 5.74) is -0.0472. The second-order valence-electron chi connectivity index (χ2n) is 7.73. The topological polar surface area (TPSA) is 52.7 Å². The molecule has 1 aliphatic rings. The van der Waals surface area contributed by atoms with Crippen molar-refractivity contribution in [3.63, 3.8) is 0 Å². The number of alkyl halides is 3. The molecule has 1 N–H and O–H groups in total. The zero-order valence-corrected chi connectivity index (χ0v) is 17.1. The van der Waals surface area contributed by atoms with Crippen molar-refractivity contribution in [1.82, 2.24) is 10.2 Å². The number of anilines is 1. The summed E-state index contributed by atoms with van der Waals surface area (Å²) in [5, 5.41) is 2.79. The van der Waals surface area contributed by atoms with E-state index in [-0.39, 0.29) is 43.0 Å². The van der Waals surface area contributed by atoms with E-state index in [2.05, 4.69) is 5.32 Å². The lowest BCUT2D eigenvalue weighted by molar-refractivity contribution is -0.137. The van der Waals surface area contributed by atoms with E-state index in [9.17, 15) is 27.2 Å². The Morgan fingerprint density at radius 2 is 1.90 bits per heavy atom. The molecule has 1 heterocycles. The van der Waals surface area contributed by atoms with E-state index in [1.165, 1.54) is 29.2 Å². The van der Waals surface area contributed by atoms with Gasteiger partial charge in [0.1, 0.15) is 5.82 Å². The standard InChI is InChI=1S/C22H23F4N3O2/c1-28(2)19(14-5-3-7-17(23)9-14)12-27-21(31)15-10-20(30)29(13-15)18-8-4-6-16(11-18)22(24,25)26/h3-9,11,15,19H,10,12-13H2,1-2H3,(H,27,31)/t15-,19-/m0/s1. The Hall–Kier alpha value is -2.94. The summed E-state index contributed by atoms with van der Waals surface area (Å²) >= 11 is 0. The van der Waals surface area contributed by atoms with Gasteiger partial charge in [0.2, 0.25) is 11.8 Å². The minimum Gasteiger partial charge on any atom is -0.354 e. The molecule has 0 saturated carbocycles. The molecule has 9 heteroatoms. The molecule has 0 aliphatic carbocycles. The van der Waals surface area contributed by atoms with Crippen molar-refractivity contribution in [3.8, 4) is 0 Å². The Bertz CT molecular complexity index is 962. The van der Waals surface area contributed by atoms with Gasteiger partial charge in [0.15, 0.2) is 0 Å². The minimum absolute atomic E-state index is 0.00142. The average Bonchev–Trinajstić information content (AvgIpc) is 3.09. The number of carbonyl (C=O) groups is 2. The van der Waals surface area contributed by atoms with Crippen LogP contribution in [0.25, 0.3) is 0 Å². The molecule has 1 fully saturated rings. The lowest BCUT2D eigenvalue weighted by atomic mass is 10.0. The number of hydrogen-bond donors (Lipinski definition) is 1. The van der Waals surface area contributed by atoms with Gasteiger partial charge in [0.05, 0.1) is 17.5 Å². The van der Waals surface area contributed by atoms with Gasteiger partial charge in [0.25, 0.3) is 0 Å². The smallest absolute Gasteiger partial charge is 0.354 e. The predicted octanol–water partition coefficient (Wildman–Crippen LogP) is 3.62. The van der Waals surface area contributed by atoms with Crippen LogP contribution < -0.4 is 10.2 Å². The summed E-state index contributed by atoms with van der Waals surface area (Å²) < 4.78 is 52.5. The average molecular weight is 437 g/mol. The number of nitrogens with zero attached hydrogens (tertiary/aromatic N) is 2. The van der Waals surface area contributed by atoms with Crippen molar-refractivity contribution in [2.45, 2.75) is 18.6 Å². The Morgan fingerprint density at radius 1 is 1.19 bits per heavy atom. The molecular weight excluding hydrogens is 414 g/mol. The normalized spacial score (nSPS) is 17.8. The van der Waals surface area contributed by atoms with Gasteiger partial charge in [-0.05, 0) is 50.0 Å². The molecule has 31 heavy (non-hydrogen) atoms. The molecule has 2 aromatic carbocycles. The summed E-state index contributed by atoms with van der Waals surface area (Å²) in [6.07, 6.45) is -4.61. The molecule has 2 atom stereocenters. The van der Waals surface area contributed by atoms with E-state index < -0.39 is 23.6 Å². The van der Waals surface area contributed by atoms with E-state index in [0.717, 1.165) is 12.1 Å². The number of halogens is 4. The Morgan fingerprint density at radius 3 is 2.55 bits per heavy atom. The van der Waals surface area contributed by atoms with Gasteiger partial charge in [-0.1, -0.05) is 18.2 Å². The molecule has 3 rings (SSSR count). The maximum atomic E-state index is 13.6. The maximum absolute atomic E-state index is 13.6. The number of carbonyl (C=O) groups excluding carboxylic acids is 2. The monoisotopic (exact) mass is 437 g/mol. The third kappa shape index (κ3) is 5.41. The van der Waals surface area contributed by atoms with E-state index in [1.54, 1.807) is 26.2 Å². The summed E-state index contributed by atoms with van der Waals surface area (Å²) in [6, 6.07) is 10.3. The van der Waals surface area contributed by atoms with Crippen LogP contribution in [0.5, 0.6) is 0 Å². The Kier molecular flexibility index (Phi) is 6.64. The van der Waals surface area contributed by atoms with Gasteiger partial charge in [-0.15, -0.1) is 0 Å². The third-order valence-electron chi connectivity index (χ3n) is 5.31. The fourth-order valence-electron chi connectivity index (χ4n) is 3.64. The van der Waals surface area contributed by atoms with Gasteiger partial charge in [-0.3, -0.25) is 9.59 Å². The quantitative estimate of drug-likeness (QED) is 0.703. The molecule has 0 spiro atoms. The van der Waals surface area contributed by atoms with Gasteiger partial charge in [0, 0.05) is 25.2 Å². The van der Waals surface area contributed by atoms with E-state index in [1.807, 2.05) is 4.90 Å². The van der Waals surface area contributed by atoms with E-state index >= 15 is 0 Å². The van der Waals surface area contributed by atoms with Crippen LogP contribution in [-0.4, -0.2) is 43.9 Å². The van der Waals surface area contributed by atoms with Gasteiger partial charge < -0.3 is 15.1 Å². The number of benzene rings is 2. The summed E-state index contributed by atoms with van der Waals surface area (Å²) in [7, 11) is 3.60. The molecule has 0 bridgehead atoms. The van der Waals surface area contributed by atoms with Crippen LogP contribution in [0, 0.1) is 11.7 Å².